The fraction of sp³-hybridized carbons (Fsp3) is 0.667. The molecule has 0 aliphatic heterocycles. The van der Waals surface area contributed by atoms with Gasteiger partial charge in [-0.2, -0.15) is 16.9 Å². The van der Waals surface area contributed by atoms with Crippen LogP contribution in [0.1, 0.15) is 18.4 Å². The first-order chi connectivity index (χ1) is 8.58. The average molecular weight is 287 g/mol. The minimum Gasteiger partial charge on any atom is -0.312 e. The van der Waals surface area contributed by atoms with Gasteiger partial charge in [-0.15, -0.1) is 11.6 Å². The minimum atomic E-state index is 0.548. The number of halogens is 1. The molecule has 6 heteroatoms. The zero-order valence-electron chi connectivity index (χ0n) is 11.3. The predicted octanol–water partition coefficient (Wildman–Crippen LogP) is 2.61. The molecule has 100 valence electrons. The van der Waals surface area contributed by atoms with Crippen molar-refractivity contribution in [3.05, 3.63) is 11.5 Å². The van der Waals surface area contributed by atoms with E-state index < -0.39 is 0 Å². The van der Waals surface area contributed by atoms with Gasteiger partial charge in [0, 0.05) is 31.1 Å². The van der Waals surface area contributed by atoms with Gasteiger partial charge in [-0.25, -0.2) is 4.98 Å². The molecule has 0 radical (unpaired) electrons. The SMILES string of the molecule is CSC(C)Cn1c(CCCl)nc2c(C)nn(C)c21. The molecule has 4 nitrogen and oxygen atoms in total. The zero-order valence-corrected chi connectivity index (χ0v) is 12.8. The third-order valence-electron chi connectivity index (χ3n) is 3.13. The first kappa shape index (κ1) is 13.7. The van der Waals surface area contributed by atoms with Crippen molar-refractivity contribution in [3.63, 3.8) is 0 Å². The van der Waals surface area contributed by atoms with Crippen molar-refractivity contribution < 1.29 is 0 Å². The number of hydrogen-bond acceptors (Lipinski definition) is 3. The highest BCUT2D eigenvalue weighted by Crippen LogP contribution is 2.21. The largest absolute Gasteiger partial charge is 0.312 e. The maximum Gasteiger partial charge on any atom is 0.158 e. The third kappa shape index (κ3) is 2.38. The quantitative estimate of drug-likeness (QED) is 0.793. The number of thioether (sulfide) groups is 1. The predicted molar refractivity (Wildman–Crippen MR) is 78.6 cm³/mol. The van der Waals surface area contributed by atoms with Crippen molar-refractivity contribution in [2.45, 2.75) is 32.1 Å². The van der Waals surface area contributed by atoms with E-state index in [-0.39, 0.29) is 0 Å². The molecule has 2 aromatic rings. The van der Waals surface area contributed by atoms with Crippen LogP contribution in [0.4, 0.5) is 0 Å². The normalized spacial score (nSPS) is 13.4. The van der Waals surface area contributed by atoms with E-state index >= 15 is 0 Å². The summed E-state index contributed by atoms with van der Waals surface area (Å²) < 4.78 is 4.18. The Kier molecular flexibility index (Phi) is 4.22. The van der Waals surface area contributed by atoms with E-state index in [0.717, 1.165) is 35.6 Å². The van der Waals surface area contributed by atoms with Crippen LogP contribution in [0.5, 0.6) is 0 Å². The van der Waals surface area contributed by atoms with Crippen molar-refractivity contribution in [1.29, 1.82) is 0 Å². The summed E-state index contributed by atoms with van der Waals surface area (Å²) in [5.41, 5.74) is 3.10. The van der Waals surface area contributed by atoms with Crippen molar-refractivity contribution in [3.8, 4) is 0 Å². The average Bonchev–Trinajstić information content (AvgIpc) is 2.81. The minimum absolute atomic E-state index is 0.548. The van der Waals surface area contributed by atoms with Crippen molar-refractivity contribution >= 4 is 34.5 Å². The van der Waals surface area contributed by atoms with Gasteiger partial charge >= 0.3 is 0 Å². The van der Waals surface area contributed by atoms with Gasteiger partial charge in [-0.1, -0.05) is 6.92 Å². The molecule has 18 heavy (non-hydrogen) atoms. The van der Waals surface area contributed by atoms with Crippen LogP contribution in [0.15, 0.2) is 0 Å². The Bertz CT molecular complexity index is 546. The lowest BCUT2D eigenvalue weighted by atomic mass is 10.4. The second kappa shape index (κ2) is 5.53. The number of aryl methyl sites for hydroxylation is 3. The van der Waals surface area contributed by atoms with E-state index in [9.17, 15) is 0 Å². The topological polar surface area (TPSA) is 35.6 Å². The van der Waals surface area contributed by atoms with Crippen LogP contribution in [0, 0.1) is 6.92 Å². The highest BCUT2D eigenvalue weighted by molar-refractivity contribution is 7.99. The summed E-state index contributed by atoms with van der Waals surface area (Å²) in [6, 6.07) is 0. The van der Waals surface area contributed by atoms with Crippen LogP contribution in [0.3, 0.4) is 0 Å². The van der Waals surface area contributed by atoms with Gasteiger partial charge in [-0.3, -0.25) is 4.68 Å². The highest BCUT2D eigenvalue weighted by Gasteiger charge is 2.18. The molecular formula is C12H19ClN4S. The number of rotatable bonds is 5. The Hall–Kier alpha value is -0.680. The maximum atomic E-state index is 5.87. The Labute approximate surface area is 117 Å². The maximum absolute atomic E-state index is 5.87. The summed E-state index contributed by atoms with van der Waals surface area (Å²) in [7, 11) is 1.97. The molecule has 0 N–H and O–H groups in total. The van der Waals surface area contributed by atoms with Crippen LogP contribution in [0.2, 0.25) is 0 Å². The Morgan fingerprint density at radius 2 is 2.17 bits per heavy atom. The number of aromatic nitrogens is 4. The highest BCUT2D eigenvalue weighted by atomic mass is 35.5. The molecule has 0 amide bonds. The molecule has 2 rings (SSSR count). The Morgan fingerprint density at radius 1 is 1.44 bits per heavy atom. The van der Waals surface area contributed by atoms with Crippen LogP contribution >= 0.6 is 23.4 Å². The Balaban J connectivity index is 2.53. The van der Waals surface area contributed by atoms with Gasteiger partial charge in [0.15, 0.2) is 5.65 Å². The fourth-order valence-corrected chi connectivity index (χ4v) is 2.65. The molecule has 1 unspecified atom stereocenters. The zero-order chi connectivity index (χ0) is 13.3. The molecule has 0 bridgehead atoms. The first-order valence-electron chi connectivity index (χ1n) is 6.06. The van der Waals surface area contributed by atoms with Gasteiger partial charge in [-0.05, 0) is 13.2 Å². The lowest BCUT2D eigenvalue weighted by Gasteiger charge is -2.13. The molecule has 0 saturated heterocycles. The van der Waals surface area contributed by atoms with Crippen molar-refractivity contribution in [2.75, 3.05) is 12.1 Å². The number of imidazole rings is 1. The standard InChI is InChI=1S/C12H19ClN4S/c1-8(18-4)7-17-10(5-6-13)14-11-9(2)15-16(3)12(11)17/h8H,5-7H2,1-4H3. The number of alkyl halides is 1. The Morgan fingerprint density at radius 3 is 2.78 bits per heavy atom. The van der Waals surface area contributed by atoms with E-state index in [1.54, 1.807) is 0 Å². The molecular weight excluding hydrogens is 268 g/mol. The number of hydrogen-bond donors (Lipinski definition) is 0. The van der Waals surface area contributed by atoms with Gasteiger partial charge in [0.2, 0.25) is 0 Å². The summed E-state index contributed by atoms with van der Waals surface area (Å²) >= 11 is 7.73. The van der Waals surface area contributed by atoms with Gasteiger partial charge in [0.25, 0.3) is 0 Å². The van der Waals surface area contributed by atoms with Crippen molar-refractivity contribution in [1.82, 2.24) is 19.3 Å². The first-order valence-corrected chi connectivity index (χ1v) is 7.88. The van der Waals surface area contributed by atoms with E-state index in [2.05, 4.69) is 22.8 Å². The van der Waals surface area contributed by atoms with Crippen LogP contribution in [0.25, 0.3) is 11.2 Å². The monoisotopic (exact) mass is 286 g/mol. The molecule has 0 saturated carbocycles. The summed E-state index contributed by atoms with van der Waals surface area (Å²) in [6.07, 6.45) is 2.94. The summed E-state index contributed by atoms with van der Waals surface area (Å²) in [5.74, 6) is 1.67. The number of fused-ring (bicyclic) bond motifs is 1. The molecule has 2 aromatic heterocycles. The molecule has 0 spiro atoms. The van der Waals surface area contributed by atoms with E-state index in [1.165, 1.54) is 0 Å². The van der Waals surface area contributed by atoms with Crippen LogP contribution in [-0.2, 0) is 20.0 Å². The van der Waals surface area contributed by atoms with Crippen LogP contribution in [-0.4, -0.2) is 36.7 Å². The second-order valence-electron chi connectivity index (χ2n) is 4.51. The van der Waals surface area contributed by atoms with E-state index in [0.29, 0.717) is 11.1 Å². The van der Waals surface area contributed by atoms with Gasteiger partial charge < -0.3 is 4.57 Å². The second-order valence-corrected chi connectivity index (χ2v) is 6.16. The summed E-state index contributed by atoms with van der Waals surface area (Å²) in [6.45, 7) is 5.18. The molecule has 0 aromatic carbocycles. The van der Waals surface area contributed by atoms with Gasteiger partial charge in [0.05, 0.1) is 5.69 Å². The lowest BCUT2D eigenvalue weighted by Crippen LogP contribution is -2.14. The molecule has 2 heterocycles. The van der Waals surface area contributed by atoms with Crippen LogP contribution < -0.4 is 0 Å². The lowest BCUT2D eigenvalue weighted by molar-refractivity contribution is 0.640. The fourth-order valence-electron chi connectivity index (χ4n) is 2.18. The molecule has 0 fully saturated rings. The summed E-state index contributed by atoms with van der Waals surface area (Å²) in [4.78, 5) is 4.70. The van der Waals surface area contributed by atoms with Crippen molar-refractivity contribution in [2.24, 2.45) is 7.05 Å². The molecule has 0 aliphatic carbocycles. The van der Waals surface area contributed by atoms with Gasteiger partial charge in [0.1, 0.15) is 11.3 Å². The summed E-state index contributed by atoms with van der Waals surface area (Å²) in [5, 5.41) is 4.99. The molecule has 0 aliphatic rings. The van der Waals surface area contributed by atoms with E-state index in [4.69, 9.17) is 16.6 Å². The third-order valence-corrected chi connectivity index (χ3v) is 4.27. The number of nitrogens with zero attached hydrogens (tertiary/aromatic N) is 4. The smallest absolute Gasteiger partial charge is 0.158 e. The molecule has 1 atom stereocenters. The van der Waals surface area contributed by atoms with E-state index in [1.807, 2.05) is 30.4 Å².